The monoisotopic (exact) mass is 301 g/mol. The van der Waals surface area contributed by atoms with E-state index in [9.17, 15) is 4.79 Å². The Kier molecular flexibility index (Phi) is 5.43. The first-order valence-corrected chi connectivity index (χ1v) is 8.74. The van der Waals surface area contributed by atoms with E-state index in [0.717, 1.165) is 38.8 Å². The molecule has 1 aromatic rings. The molecule has 2 fully saturated rings. The predicted octanol–water partition coefficient (Wildman–Crippen LogP) is 2.92. The van der Waals surface area contributed by atoms with E-state index in [2.05, 4.69) is 27.3 Å². The summed E-state index contributed by atoms with van der Waals surface area (Å²) in [5.74, 6) is 1.11. The van der Waals surface area contributed by atoms with Crippen LogP contribution in [0.3, 0.4) is 0 Å². The lowest BCUT2D eigenvalue weighted by atomic mass is 9.89. The summed E-state index contributed by atoms with van der Waals surface area (Å²) in [6.07, 6.45) is 10.0. The Morgan fingerprint density at radius 1 is 1.14 bits per heavy atom. The topological polar surface area (TPSA) is 45.2 Å². The Bertz CT molecular complexity index is 462. The molecule has 1 saturated heterocycles. The van der Waals surface area contributed by atoms with Crippen LogP contribution in [0.25, 0.3) is 0 Å². The molecule has 0 radical (unpaired) electrons. The molecule has 0 aromatic carbocycles. The normalized spacial score (nSPS) is 21.6. The maximum absolute atomic E-state index is 12.2. The van der Waals surface area contributed by atoms with Crippen LogP contribution in [0.15, 0.2) is 24.4 Å². The second-order valence-corrected chi connectivity index (χ2v) is 6.68. The maximum atomic E-state index is 12.2. The van der Waals surface area contributed by atoms with Crippen molar-refractivity contribution in [3.05, 3.63) is 30.1 Å². The summed E-state index contributed by atoms with van der Waals surface area (Å²) in [7, 11) is 0. The van der Waals surface area contributed by atoms with E-state index in [4.69, 9.17) is 0 Å². The quantitative estimate of drug-likeness (QED) is 0.930. The van der Waals surface area contributed by atoms with Gasteiger partial charge in [0.15, 0.2) is 0 Å². The Morgan fingerprint density at radius 3 is 2.59 bits per heavy atom. The van der Waals surface area contributed by atoms with E-state index in [1.165, 1.54) is 25.0 Å². The molecule has 22 heavy (non-hydrogen) atoms. The number of pyridine rings is 1. The first kappa shape index (κ1) is 15.5. The number of rotatable bonds is 4. The van der Waals surface area contributed by atoms with Gasteiger partial charge in [-0.3, -0.25) is 14.7 Å². The molecule has 1 aromatic heterocycles. The van der Waals surface area contributed by atoms with Gasteiger partial charge in [0, 0.05) is 36.8 Å². The second-order valence-electron chi connectivity index (χ2n) is 6.68. The maximum Gasteiger partial charge on any atom is 0.224 e. The van der Waals surface area contributed by atoms with Gasteiger partial charge in [0.2, 0.25) is 5.91 Å². The number of nitrogens with zero attached hydrogens (tertiary/aromatic N) is 2. The summed E-state index contributed by atoms with van der Waals surface area (Å²) < 4.78 is 0. The minimum absolute atomic E-state index is 0.264. The molecule has 0 unspecified atom stereocenters. The van der Waals surface area contributed by atoms with Gasteiger partial charge < -0.3 is 5.32 Å². The fourth-order valence-electron chi connectivity index (χ4n) is 3.70. The lowest BCUT2D eigenvalue weighted by Crippen LogP contribution is -2.43. The minimum atomic E-state index is 0.264. The molecule has 1 aliphatic carbocycles. The van der Waals surface area contributed by atoms with Crippen molar-refractivity contribution >= 4 is 5.91 Å². The Balaban J connectivity index is 1.39. The van der Waals surface area contributed by atoms with Gasteiger partial charge in [0.1, 0.15) is 0 Å². The van der Waals surface area contributed by atoms with E-state index in [-0.39, 0.29) is 11.8 Å². The molecular formula is C18H27N3O. The summed E-state index contributed by atoms with van der Waals surface area (Å²) in [6.45, 7) is 2.81. The molecule has 120 valence electrons. The average molecular weight is 301 g/mol. The fourth-order valence-corrected chi connectivity index (χ4v) is 3.70. The van der Waals surface area contributed by atoms with Crippen LogP contribution in [-0.2, 0) is 4.79 Å². The Hall–Kier alpha value is -1.42. The minimum Gasteiger partial charge on any atom is -0.343 e. The van der Waals surface area contributed by atoms with Gasteiger partial charge in [0.05, 0.1) is 6.67 Å². The highest BCUT2D eigenvalue weighted by molar-refractivity contribution is 5.78. The lowest BCUT2D eigenvalue weighted by molar-refractivity contribution is -0.126. The molecular weight excluding hydrogens is 274 g/mol. The third kappa shape index (κ3) is 4.07. The van der Waals surface area contributed by atoms with Crippen LogP contribution < -0.4 is 5.32 Å². The molecule has 1 saturated carbocycles. The third-order valence-corrected chi connectivity index (χ3v) is 5.15. The highest BCUT2D eigenvalue weighted by Crippen LogP contribution is 2.26. The van der Waals surface area contributed by atoms with Crippen molar-refractivity contribution < 1.29 is 4.79 Å². The van der Waals surface area contributed by atoms with Gasteiger partial charge >= 0.3 is 0 Å². The van der Waals surface area contributed by atoms with Crippen LogP contribution in [-0.4, -0.2) is 35.5 Å². The van der Waals surface area contributed by atoms with Gasteiger partial charge in [-0.1, -0.05) is 25.3 Å². The molecule has 0 bridgehead atoms. The smallest absolute Gasteiger partial charge is 0.224 e. The second kappa shape index (κ2) is 7.73. The summed E-state index contributed by atoms with van der Waals surface area (Å²) in [5, 5.41) is 3.15. The van der Waals surface area contributed by atoms with Crippen molar-refractivity contribution in [3.63, 3.8) is 0 Å². The number of carbonyl (C=O) groups excluding carboxylic acids is 1. The largest absolute Gasteiger partial charge is 0.343 e. The van der Waals surface area contributed by atoms with Crippen LogP contribution >= 0.6 is 0 Å². The van der Waals surface area contributed by atoms with E-state index in [1.807, 2.05) is 12.3 Å². The first-order valence-electron chi connectivity index (χ1n) is 8.74. The highest BCUT2D eigenvalue weighted by atomic mass is 16.2. The zero-order chi connectivity index (χ0) is 15.2. The van der Waals surface area contributed by atoms with Gasteiger partial charge in [-0.05, 0) is 37.8 Å². The van der Waals surface area contributed by atoms with Crippen LogP contribution in [0.1, 0.15) is 56.6 Å². The van der Waals surface area contributed by atoms with Crippen molar-refractivity contribution in [1.82, 2.24) is 15.2 Å². The molecule has 1 amide bonds. The lowest BCUT2D eigenvalue weighted by Gasteiger charge is -2.32. The molecule has 0 spiro atoms. The number of amides is 1. The summed E-state index contributed by atoms with van der Waals surface area (Å²) in [5.41, 5.74) is 1.22. The van der Waals surface area contributed by atoms with E-state index in [0.29, 0.717) is 12.6 Å². The van der Waals surface area contributed by atoms with Crippen molar-refractivity contribution in [2.45, 2.75) is 50.9 Å². The zero-order valence-corrected chi connectivity index (χ0v) is 13.3. The van der Waals surface area contributed by atoms with Crippen LogP contribution in [0.5, 0.6) is 0 Å². The molecule has 3 rings (SSSR count). The Labute approximate surface area is 133 Å². The molecule has 4 nitrogen and oxygen atoms in total. The molecule has 2 heterocycles. The summed E-state index contributed by atoms with van der Waals surface area (Å²) in [4.78, 5) is 19.0. The molecule has 0 atom stereocenters. The third-order valence-electron chi connectivity index (χ3n) is 5.15. The standard InChI is InChI=1S/C18H27N3O/c22-18(16-6-2-1-3-7-16)20-14-21-12-9-15(10-13-21)17-8-4-5-11-19-17/h4-5,8,11,15-16H,1-3,6-7,9-10,12-14H2,(H,20,22). The molecule has 1 aliphatic heterocycles. The van der Waals surface area contributed by atoms with E-state index in [1.54, 1.807) is 0 Å². The van der Waals surface area contributed by atoms with Crippen LogP contribution in [0, 0.1) is 5.92 Å². The number of piperidine rings is 1. The van der Waals surface area contributed by atoms with Gasteiger partial charge in [-0.2, -0.15) is 0 Å². The van der Waals surface area contributed by atoms with Crippen LogP contribution in [0.4, 0.5) is 0 Å². The number of hydrogen-bond donors (Lipinski definition) is 1. The molecule has 4 heteroatoms. The van der Waals surface area contributed by atoms with Crippen molar-refractivity contribution in [2.75, 3.05) is 19.8 Å². The Morgan fingerprint density at radius 2 is 1.91 bits per heavy atom. The number of nitrogens with one attached hydrogen (secondary N) is 1. The zero-order valence-electron chi connectivity index (χ0n) is 13.3. The average Bonchev–Trinajstić information content (AvgIpc) is 2.61. The molecule has 1 N–H and O–H groups in total. The number of likely N-dealkylation sites (tertiary alicyclic amines) is 1. The van der Waals surface area contributed by atoms with Crippen LogP contribution in [0.2, 0.25) is 0 Å². The fraction of sp³-hybridized carbons (Fsp3) is 0.667. The summed E-state index contributed by atoms with van der Waals surface area (Å²) >= 11 is 0. The van der Waals surface area contributed by atoms with Crippen molar-refractivity contribution in [1.29, 1.82) is 0 Å². The molecule has 2 aliphatic rings. The van der Waals surface area contributed by atoms with E-state index < -0.39 is 0 Å². The van der Waals surface area contributed by atoms with Gasteiger partial charge in [-0.25, -0.2) is 0 Å². The number of hydrogen-bond acceptors (Lipinski definition) is 3. The van der Waals surface area contributed by atoms with Crippen molar-refractivity contribution in [2.24, 2.45) is 5.92 Å². The predicted molar refractivity (Wildman–Crippen MR) is 87.4 cm³/mol. The van der Waals surface area contributed by atoms with Crippen molar-refractivity contribution in [3.8, 4) is 0 Å². The number of carbonyl (C=O) groups is 1. The first-order chi connectivity index (χ1) is 10.8. The highest BCUT2D eigenvalue weighted by Gasteiger charge is 2.24. The van der Waals surface area contributed by atoms with Gasteiger partial charge in [0.25, 0.3) is 0 Å². The van der Waals surface area contributed by atoms with Gasteiger partial charge in [-0.15, -0.1) is 0 Å². The summed E-state index contributed by atoms with van der Waals surface area (Å²) in [6, 6.07) is 6.17. The number of aromatic nitrogens is 1. The SMILES string of the molecule is O=C(NCN1CCC(c2ccccn2)CC1)C1CCCCC1. The van der Waals surface area contributed by atoms with E-state index >= 15 is 0 Å².